The summed E-state index contributed by atoms with van der Waals surface area (Å²) in [5, 5.41) is 11.9. The van der Waals surface area contributed by atoms with Crippen LogP contribution in [0.1, 0.15) is 37.7 Å². The monoisotopic (exact) mass is 383 g/mol. The Balaban J connectivity index is 1.68. The molecule has 5 nitrogen and oxygen atoms in total. The summed E-state index contributed by atoms with van der Waals surface area (Å²) in [5.74, 6) is -0.311. The van der Waals surface area contributed by atoms with Gasteiger partial charge in [0.15, 0.2) is 0 Å². The number of carbonyl (C=O) groups is 2. The van der Waals surface area contributed by atoms with Crippen molar-refractivity contribution in [2.24, 2.45) is 5.92 Å². The molecule has 126 valence electrons. The molecule has 1 aromatic rings. The molecule has 0 heterocycles. The van der Waals surface area contributed by atoms with Gasteiger partial charge in [0.25, 0.3) is 0 Å². The number of carbonyl (C=O) groups excluding carboxylic acids is 1. The highest BCUT2D eigenvalue weighted by molar-refractivity contribution is 9.10. The summed E-state index contributed by atoms with van der Waals surface area (Å²) in [7, 11) is 0. The van der Waals surface area contributed by atoms with Gasteiger partial charge in [-0.15, -0.1) is 0 Å². The van der Waals surface area contributed by atoms with Crippen molar-refractivity contribution >= 4 is 27.8 Å². The SMILES string of the molecule is Cc1ccc(OCCC(=O)NC2CCC(C(=O)O)CC2)c(Br)c1. The van der Waals surface area contributed by atoms with Crippen LogP contribution in [0.5, 0.6) is 5.75 Å². The van der Waals surface area contributed by atoms with Gasteiger partial charge < -0.3 is 15.2 Å². The van der Waals surface area contributed by atoms with E-state index < -0.39 is 5.97 Å². The van der Waals surface area contributed by atoms with Crippen molar-refractivity contribution in [1.82, 2.24) is 5.32 Å². The summed E-state index contributed by atoms with van der Waals surface area (Å²) in [6, 6.07) is 5.89. The number of amides is 1. The first-order valence-corrected chi connectivity index (χ1v) is 8.66. The lowest BCUT2D eigenvalue weighted by atomic mass is 9.86. The number of hydrogen-bond acceptors (Lipinski definition) is 3. The van der Waals surface area contributed by atoms with Gasteiger partial charge in [-0.1, -0.05) is 6.07 Å². The van der Waals surface area contributed by atoms with Gasteiger partial charge in [-0.25, -0.2) is 0 Å². The summed E-state index contributed by atoms with van der Waals surface area (Å²) in [6.45, 7) is 2.32. The summed E-state index contributed by atoms with van der Waals surface area (Å²) in [6.07, 6.45) is 3.01. The zero-order valence-corrected chi connectivity index (χ0v) is 14.8. The Bertz CT molecular complexity index is 568. The van der Waals surface area contributed by atoms with Crippen LogP contribution in [0.2, 0.25) is 0 Å². The molecule has 23 heavy (non-hydrogen) atoms. The Morgan fingerprint density at radius 2 is 2.00 bits per heavy atom. The summed E-state index contributed by atoms with van der Waals surface area (Å²) in [5.41, 5.74) is 1.14. The fourth-order valence-electron chi connectivity index (χ4n) is 2.76. The highest BCUT2D eigenvalue weighted by Crippen LogP contribution is 2.26. The summed E-state index contributed by atoms with van der Waals surface area (Å²) < 4.78 is 6.49. The van der Waals surface area contributed by atoms with E-state index in [0.717, 1.165) is 28.6 Å². The molecule has 2 rings (SSSR count). The number of hydrogen-bond donors (Lipinski definition) is 2. The van der Waals surface area contributed by atoms with Crippen LogP contribution in [0.3, 0.4) is 0 Å². The van der Waals surface area contributed by atoms with Crippen LogP contribution in [-0.2, 0) is 9.59 Å². The Morgan fingerprint density at radius 3 is 2.61 bits per heavy atom. The number of halogens is 1. The molecule has 0 unspecified atom stereocenters. The summed E-state index contributed by atoms with van der Waals surface area (Å²) in [4.78, 5) is 22.8. The number of benzene rings is 1. The van der Waals surface area contributed by atoms with Crippen LogP contribution < -0.4 is 10.1 Å². The molecule has 1 amide bonds. The van der Waals surface area contributed by atoms with Crippen LogP contribution in [0.15, 0.2) is 22.7 Å². The van der Waals surface area contributed by atoms with Gasteiger partial charge in [-0.05, 0) is 66.2 Å². The number of ether oxygens (including phenoxy) is 1. The van der Waals surface area contributed by atoms with E-state index in [1.807, 2.05) is 25.1 Å². The van der Waals surface area contributed by atoms with Gasteiger partial charge in [0, 0.05) is 6.04 Å². The Labute approximate surface area is 144 Å². The molecular weight excluding hydrogens is 362 g/mol. The highest BCUT2D eigenvalue weighted by atomic mass is 79.9. The second-order valence-electron chi connectivity index (χ2n) is 5.99. The van der Waals surface area contributed by atoms with Crippen molar-refractivity contribution < 1.29 is 19.4 Å². The van der Waals surface area contributed by atoms with Crippen molar-refractivity contribution in [3.63, 3.8) is 0 Å². The lowest BCUT2D eigenvalue weighted by molar-refractivity contribution is -0.142. The maximum Gasteiger partial charge on any atom is 0.306 e. The fourth-order valence-corrected chi connectivity index (χ4v) is 3.37. The number of aryl methyl sites for hydroxylation is 1. The van der Waals surface area contributed by atoms with Crippen LogP contribution in [0.25, 0.3) is 0 Å². The first-order valence-electron chi connectivity index (χ1n) is 7.87. The van der Waals surface area contributed by atoms with Crippen molar-refractivity contribution in [3.8, 4) is 5.75 Å². The fraction of sp³-hybridized carbons (Fsp3) is 0.529. The van der Waals surface area contributed by atoms with Gasteiger partial charge >= 0.3 is 5.97 Å². The standard InChI is InChI=1S/C17H22BrNO4/c1-11-2-7-15(14(18)10-11)23-9-8-16(20)19-13-5-3-12(4-6-13)17(21)22/h2,7,10,12-13H,3-6,8-9H2,1H3,(H,19,20)(H,21,22). The Hall–Kier alpha value is -1.56. The predicted octanol–water partition coefficient (Wildman–Crippen LogP) is 3.29. The second kappa shape index (κ2) is 8.34. The molecule has 1 aromatic carbocycles. The largest absolute Gasteiger partial charge is 0.492 e. The molecular formula is C17H22BrNO4. The van der Waals surface area contributed by atoms with E-state index in [9.17, 15) is 9.59 Å². The molecule has 1 aliphatic rings. The third kappa shape index (κ3) is 5.53. The van der Waals surface area contributed by atoms with E-state index in [4.69, 9.17) is 9.84 Å². The molecule has 0 aromatic heterocycles. The molecule has 2 N–H and O–H groups in total. The van der Waals surface area contributed by atoms with Crippen LogP contribution in [-0.4, -0.2) is 29.6 Å². The first-order chi connectivity index (χ1) is 11.0. The molecule has 0 atom stereocenters. The Kier molecular flexibility index (Phi) is 6.45. The van der Waals surface area contributed by atoms with Crippen LogP contribution in [0.4, 0.5) is 0 Å². The molecule has 6 heteroatoms. The maximum atomic E-state index is 11.9. The zero-order chi connectivity index (χ0) is 16.8. The molecule has 0 radical (unpaired) electrons. The number of rotatable bonds is 6. The van der Waals surface area contributed by atoms with Gasteiger partial charge in [-0.3, -0.25) is 9.59 Å². The molecule has 1 aliphatic carbocycles. The highest BCUT2D eigenvalue weighted by Gasteiger charge is 2.26. The number of nitrogens with one attached hydrogen (secondary N) is 1. The van der Waals surface area contributed by atoms with E-state index in [1.165, 1.54) is 0 Å². The topological polar surface area (TPSA) is 75.6 Å². The van der Waals surface area contributed by atoms with Crippen molar-refractivity contribution in [1.29, 1.82) is 0 Å². The van der Waals surface area contributed by atoms with Crippen LogP contribution in [0, 0.1) is 12.8 Å². The minimum atomic E-state index is -0.730. The van der Waals surface area contributed by atoms with E-state index in [2.05, 4.69) is 21.2 Å². The van der Waals surface area contributed by atoms with E-state index in [-0.39, 0.29) is 17.9 Å². The lowest BCUT2D eigenvalue weighted by Crippen LogP contribution is -2.39. The maximum absolute atomic E-state index is 11.9. The molecule has 1 fully saturated rings. The molecule has 0 saturated heterocycles. The average Bonchev–Trinajstić information content (AvgIpc) is 2.50. The molecule has 0 spiro atoms. The van der Waals surface area contributed by atoms with E-state index in [1.54, 1.807) is 0 Å². The Morgan fingerprint density at radius 1 is 1.30 bits per heavy atom. The van der Waals surface area contributed by atoms with E-state index in [0.29, 0.717) is 25.9 Å². The number of carboxylic acids is 1. The second-order valence-corrected chi connectivity index (χ2v) is 6.84. The van der Waals surface area contributed by atoms with E-state index >= 15 is 0 Å². The van der Waals surface area contributed by atoms with Gasteiger partial charge in [-0.2, -0.15) is 0 Å². The summed E-state index contributed by atoms with van der Waals surface area (Å²) >= 11 is 3.44. The van der Waals surface area contributed by atoms with Crippen LogP contribution >= 0.6 is 15.9 Å². The van der Waals surface area contributed by atoms with Crippen molar-refractivity contribution in [3.05, 3.63) is 28.2 Å². The normalized spacial score (nSPS) is 20.8. The zero-order valence-electron chi connectivity index (χ0n) is 13.2. The smallest absolute Gasteiger partial charge is 0.306 e. The number of carboxylic acid groups (broad SMARTS) is 1. The quantitative estimate of drug-likeness (QED) is 0.789. The van der Waals surface area contributed by atoms with Gasteiger partial charge in [0.2, 0.25) is 5.91 Å². The predicted molar refractivity (Wildman–Crippen MR) is 90.5 cm³/mol. The third-order valence-corrected chi connectivity index (χ3v) is 4.74. The minimum absolute atomic E-state index is 0.0491. The average molecular weight is 384 g/mol. The van der Waals surface area contributed by atoms with Crippen molar-refractivity contribution in [2.45, 2.75) is 45.1 Å². The van der Waals surface area contributed by atoms with Gasteiger partial charge in [0.05, 0.1) is 23.4 Å². The third-order valence-electron chi connectivity index (χ3n) is 4.12. The van der Waals surface area contributed by atoms with Gasteiger partial charge in [0.1, 0.15) is 5.75 Å². The van der Waals surface area contributed by atoms with Crippen molar-refractivity contribution in [2.75, 3.05) is 6.61 Å². The lowest BCUT2D eigenvalue weighted by Gasteiger charge is -2.26. The number of aliphatic carboxylic acids is 1. The minimum Gasteiger partial charge on any atom is -0.492 e. The first kappa shape index (κ1) is 17.8. The molecule has 0 aliphatic heterocycles. The molecule has 1 saturated carbocycles. The molecule has 0 bridgehead atoms.